The summed E-state index contributed by atoms with van der Waals surface area (Å²) in [6.07, 6.45) is -2.23. The number of nitrogens with zero attached hydrogens (tertiary/aromatic N) is 2. The van der Waals surface area contributed by atoms with E-state index in [1.165, 1.54) is 37.8 Å². The topological polar surface area (TPSA) is 138 Å². The SMILES string of the molecule is CO[C@H]1C(OC(C)=O)[C@@H](COC(C)=O)O[C@H]1n1cc(Br)c(Nc2ccccc2O)nc1=O. The number of aromatic nitrogens is 2. The highest BCUT2D eigenvalue weighted by molar-refractivity contribution is 9.10. The van der Waals surface area contributed by atoms with Crippen molar-refractivity contribution >= 4 is 39.4 Å². The van der Waals surface area contributed by atoms with Crippen LogP contribution in [0.25, 0.3) is 0 Å². The summed E-state index contributed by atoms with van der Waals surface area (Å²) >= 11 is 3.36. The third-order valence-electron chi connectivity index (χ3n) is 4.65. The van der Waals surface area contributed by atoms with Gasteiger partial charge in [-0.15, -0.1) is 0 Å². The molecule has 4 atom stereocenters. The summed E-state index contributed by atoms with van der Waals surface area (Å²) < 4.78 is 23.3. The number of phenols is 1. The molecule has 11 nitrogen and oxygen atoms in total. The van der Waals surface area contributed by atoms with Gasteiger partial charge in [0.05, 0.1) is 10.2 Å². The molecular weight excluding hydrogens is 490 g/mol. The van der Waals surface area contributed by atoms with E-state index in [2.05, 4.69) is 26.2 Å². The molecule has 1 saturated heterocycles. The summed E-state index contributed by atoms with van der Waals surface area (Å²) in [4.78, 5) is 39.7. The van der Waals surface area contributed by atoms with Crippen LogP contribution >= 0.6 is 15.9 Å². The van der Waals surface area contributed by atoms with Gasteiger partial charge < -0.3 is 29.4 Å². The fourth-order valence-corrected chi connectivity index (χ4v) is 3.68. The standard InChI is InChI=1S/C20H22BrN3O8/c1-10(25)30-9-15-16(31-11(2)26)17(29-3)19(32-15)24-8-12(21)18(23-20(24)28)22-13-6-4-5-7-14(13)27/h4-8,15-17,19,27H,9H2,1-3H3,(H,22,23,28)/t15-,16?,17+,19-/m1/s1. The number of hydrogen-bond donors (Lipinski definition) is 2. The molecule has 0 amide bonds. The number of aromatic hydroxyl groups is 1. The van der Waals surface area contributed by atoms with Crippen LogP contribution in [0.1, 0.15) is 20.1 Å². The Morgan fingerprint density at radius 1 is 1.25 bits per heavy atom. The molecule has 0 radical (unpaired) electrons. The van der Waals surface area contributed by atoms with Crippen molar-refractivity contribution in [2.24, 2.45) is 0 Å². The number of carbonyl (C=O) groups excluding carboxylic acids is 2. The average molecular weight is 512 g/mol. The largest absolute Gasteiger partial charge is 0.506 e. The number of phenolic OH excluding ortho intramolecular Hbond substituents is 1. The fraction of sp³-hybridized carbons (Fsp3) is 0.400. The molecule has 0 spiro atoms. The number of ether oxygens (including phenoxy) is 4. The number of methoxy groups -OCH3 is 1. The van der Waals surface area contributed by atoms with E-state index in [1.807, 2.05) is 0 Å². The minimum absolute atomic E-state index is 0.0125. The molecule has 2 heterocycles. The van der Waals surface area contributed by atoms with Gasteiger partial charge in [0.15, 0.2) is 18.1 Å². The minimum Gasteiger partial charge on any atom is -0.506 e. The smallest absolute Gasteiger partial charge is 0.351 e. The molecule has 1 fully saturated rings. The van der Waals surface area contributed by atoms with Crippen molar-refractivity contribution in [1.82, 2.24) is 9.55 Å². The lowest BCUT2D eigenvalue weighted by molar-refractivity contribution is -0.157. The van der Waals surface area contributed by atoms with Crippen molar-refractivity contribution in [3.05, 3.63) is 45.4 Å². The number of anilines is 2. The van der Waals surface area contributed by atoms with Crippen LogP contribution in [-0.4, -0.2) is 58.6 Å². The molecule has 1 unspecified atom stereocenters. The van der Waals surface area contributed by atoms with Crippen LogP contribution in [0, 0.1) is 0 Å². The van der Waals surface area contributed by atoms with Gasteiger partial charge in [0.25, 0.3) is 0 Å². The Morgan fingerprint density at radius 3 is 2.59 bits per heavy atom. The molecule has 172 valence electrons. The van der Waals surface area contributed by atoms with E-state index in [4.69, 9.17) is 18.9 Å². The molecule has 2 N–H and O–H groups in total. The van der Waals surface area contributed by atoms with Gasteiger partial charge in [-0.05, 0) is 28.1 Å². The van der Waals surface area contributed by atoms with Gasteiger partial charge in [-0.25, -0.2) is 4.79 Å². The molecule has 12 heteroatoms. The van der Waals surface area contributed by atoms with Gasteiger partial charge >= 0.3 is 17.6 Å². The zero-order valence-electron chi connectivity index (χ0n) is 17.5. The highest BCUT2D eigenvalue weighted by Gasteiger charge is 2.49. The van der Waals surface area contributed by atoms with Crippen molar-refractivity contribution in [3.63, 3.8) is 0 Å². The van der Waals surface area contributed by atoms with E-state index in [0.29, 0.717) is 10.2 Å². The Kier molecular flexibility index (Phi) is 7.48. The van der Waals surface area contributed by atoms with Crippen LogP contribution in [0.5, 0.6) is 5.75 Å². The molecule has 0 aliphatic carbocycles. The molecule has 1 aromatic carbocycles. The number of carbonyl (C=O) groups is 2. The average Bonchev–Trinajstić information content (AvgIpc) is 3.06. The van der Waals surface area contributed by atoms with Crippen LogP contribution in [-0.2, 0) is 28.5 Å². The second-order valence-electron chi connectivity index (χ2n) is 6.91. The second-order valence-corrected chi connectivity index (χ2v) is 7.77. The first-order valence-electron chi connectivity index (χ1n) is 9.53. The number of para-hydroxylation sites is 2. The van der Waals surface area contributed by atoms with E-state index in [1.54, 1.807) is 18.2 Å². The number of esters is 2. The maximum atomic E-state index is 12.8. The van der Waals surface area contributed by atoms with Crippen molar-refractivity contribution < 1.29 is 33.6 Å². The monoisotopic (exact) mass is 511 g/mol. The maximum absolute atomic E-state index is 12.8. The van der Waals surface area contributed by atoms with Crippen LogP contribution in [0.2, 0.25) is 0 Å². The van der Waals surface area contributed by atoms with Crippen molar-refractivity contribution in [1.29, 1.82) is 0 Å². The Labute approximate surface area is 191 Å². The zero-order chi connectivity index (χ0) is 23.4. The first-order chi connectivity index (χ1) is 15.2. The van der Waals surface area contributed by atoms with Gasteiger partial charge in [-0.1, -0.05) is 12.1 Å². The van der Waals surface area contributed by atoms with E-state index in [9.17, 15) is 19.5 Å². The van der Waals surface area contributed by atoms with Gasteiger partial charge in [0, 0.05) is 27.2 Å². The number of nitrogens with one attached hydrogen (secondary N) is 1. The summed E-state index contributed by atoms with van der Waals surface area (Å²) in [7, 11) is 1.38. The fourth-order valence-electron chi connectivity index (χ4n) is 3.27. The number of benzene rings is 1. The van der Waals surface area contributed by atoms with Crippen LogP contribution in [0.15, 0.2) is 39.7 Å². The van der Waals surface area contributed by atoms with Crippen LogP contribution in [0.3, 0.4) is 0 Å². The lowest BCUT2D eigenvalue weighted by Gasteiger charge is -2.23. The second kappa shape index (κ2) is 10.1. The molecule has 2 aromatic rings. The van der Waals surface area contributed by atoms with Gasteiger partial charge in [-0.2, -0.15) is 4.98 Å². The van der Waals surface area contributed by atoms with E-state index < -0.39 is 42.2 Å². The summed E-state index contributed by atoms with van der Waals surface area (Å²) in [6, 6.07) is 6.49. The Bertz CT molecular complexity index is 1060. The summed E-state index contributed by atoms with van der Waals surface area (Å²) in [6.45, 7) is 2.27. The normalized spacial score (nSPS) is 22.4. The van der Waals surface area contributed by atoms with Crippen LogP contribution in [0.4, 0.5) is 11.5 Å². The number of hydrogen-bond acceptors (Lipinski definition) is 10. The third kappa shape index (κ3) is 5.26. The first-order valence-corrected chi connectivity index (χ1v) is 10.3. The molecule has 0 saturated carbocycles. The van der Waals surface area contributed by atoms with Gasteiger partial charge in [-0.3, -0.25) is 14.2 Å². The predicted molar refractivity (Wildman–Crippen MR) is 114 cm³/mol. The highest BCUT2D eigenvalue weighted by Crippen LogP contribution is 2.34. The molecule has 0 bridgehead atoms. The summed E-state index contributed by atoms with van der Waals surface area (Å²) in [5.74, 6) is -0.953. The van der Waals surface area contributed by atoms with Crippen molar-refractivity contribution in [2.75, 3.05) is 19.0 Å². The van der Waals surface area contributed by atoms with Gasteiger partial charge in [0.2, 0.25) is 0 Å². The molecule has 3 rings (SSSR count). The maximum Gasteiger partial charge on any atom is 0.351 e. The highest BCUT2D eigenvalue weighted by atomic mass is 79.9. The molecule has 1 aromatic heterocycles. The molecule has 32 heavy (non-hydrogen) atoms. The predicted octanol–water partition coefficient (Wildman–Crippen LogP) is 1.86. The van der Waals surface area contributed by atoms with Gasteiger partial charge in [0.1, 0.15) is 24.6 Å². The Balaban J connectivity index is 1.92. The van der Waals surface area contributed by atoms with E-state index in [-0.39, 0.29) is 18.2 Å². The lowest BCUT2D eigenvalue weighted by Crippen LogP contribution is -2.40. The van der Waals surface area contributed by atoms with Crippen molar-refractivity contribution in [3.8, 4) is 5.75 Å². The van der Waals surface area contributed by atoms with Crippen molar-refractivity contribution in [2.45, 2.75) is 38.4 Å². The molecule has 1 aliphatic heterocycles. The quantitative estimate of drug-likeness (QED) is 0.418. The van der Waals surface area contributed by atoms with E-state index in [0.717, 1.165) is 0 Å². The zero-order valence-corrected chi connectivity index (χ0v) is 19.1. The molecular formula is C20H22BrN3O8. The Hall–Kier alpha value is -2.96. The minimum atomic E-state index is -1.01. The van der Waals surface area contributed by atoms with E-state index >= 15 is 0 Å². The summed E-state index contributed by atoms with van der Waals surface area (Å²) in [5, 5.41) is 12.8. The lowest BCUT2D eigenvalue weighted by atomic mass is 10.1. The Morgan fingerprint density at radius 2 is 1.97 bits per heavy atom. The first kappa shape index (κ1) is 23.7. The number of halogens is 1. The summed E-state index contributed by atoms with van der Waals surface area (Å²) in [5.41, 5.74) is -0.325. The molecule has 1 aliphatic rings. The number of rotatable bonds is 7. The van der Waals surface area contributed by atoms with Crippen LogP contribution < -0.4 is 11.0 Å². The third-order valence-corrected chi connectivity index (χ3v) is 5.23.